The molecule has 0 bridgehead atoms. The van der Waals surface area contributed by atoms with Gasteiger partial charge in [-0.3, -0.25) is 9.69 Å². The van der Waals surface area contributed by atoms with E-state index in [0.717, 1.165) is 6.54 Å². The summed E-state index contributed by atoms with van der Waals surface area (Å²) in [6.07, 6.45) is 3.43. The molecule has 3 nitrogen and oxygen atoms in total. The molecule has 0 unspecified atom stereocenters. The molecule has 0 aromatic rings. The molecule has 3 rings (SSSR count). The summed E-state index contributed by atoms with van der Waals surface area (Å²) >= 11 is 0. The van der Waals surface area contributed by atoms with Crippen LogP contribution in [0.5, 0.6) is 0 Å². The van der Waals surface area contributed by atoms with Crippen LogP contribution in [0.3, 0.4) is 0 Å². The van der Waals surface area contributed by atoms with Gasteiger partial charge in [0.25, 0.3) is 0 Å². The van der Waals surface area contributed by atoms with Gasteiger partial charge in [0.2, 0.25) is 0 Å². The fraction of sp³-hybridized carbons (Fsp3) is 0.889. The van der Waals surface area contributed by atoms with E-state index in [1.54, 1.807) is 0 Å². The standard InChI is InChI=1S/C9H13NO2/c11-8-4-6-5-10-3-1-2-7(10)9(6)12-8/h6-7,9H,1-5H2/t6-,7-,9-/m1/s1. The summed E-state index contributed by atoms with van der Waals surface area (Å²) in [4.78, 5) is 13.5. The van der Waals surface area contributed by atoms with Gasteiger partial charge in [-0.1, -0.05) is 0 Å². The second kappa shape index (κ2) is 2.22. The Hall–Kier alpha value is -0.570. The fourth-order valence-corrected chi connectivity index (χ4v) is 2.94. The Bertz CT molecular complexity index is 229. The lowest BCUT2D eigenvalue weighted by Gasteiger charge is -2.17. The summed E-state index contributed by atoms with van der Waals surface area (Å²) in [5.41, 5.74) is 0. The predicted molar refractivity (Wildman–Crippen MR) is 42.6 cm³/mol. The Kier molecular flexibility index (Phi) is 1.28. The largest absolute Gasteiger partial charge is 0.460 e. The van der Waals surface area contributed by atoms with E-state index in [1.165, 1.54) is 19.4 Å². The van der Waals surface area contributed by atoms with Crippen LogP contribution in [0, 0.1) is 5.92 Å². The Balaban J connectivity index is 1.84. The highest BCUT2D eigenvalue weighted by atomic mass is 16.6. The first-order valence-corrected chi connectivity index (χ1v) is 4.78. The molecule has 3 aliphatic rings. The van der Waals surface area contributed by atoms with Crippen molar-refractivity contribution >= 4 is 5.97 Å². The van der Waals surface area contributed by atoms with Crippen molar-refractivity contribution in [2.45, 2.75) is 31.4 Å². The van der Waals surface area contributed by atoms with Crippen LogP contribution in [-0.2, 0) is 9.53 Å². The first-order chi connectivity index (χ1) is 5.84. The Morgan fingerprint density at radius 2 is 2.42 bits per heavy atom. The second-order valence-corrected chi connectivity index (χ2v) is 4.12. The van der Waals surface area contributed by atoms with Crippen molar-refractivity contribution < 1.29 is 9.53 Å². The summed E-state index contributed by atoms with van der Waals surface area (Å²) in [5.74, 6) is 0.541. The lowest BCUT2D eigenvalue weighted by Crippen LogP contribution is -2.30. The van der Waals surface area contributed by atoms with Crippen molar-refractivity contribution in [3.8, 4) is 0 Å². The molecular formula is C9H13NO2. The number of fused-ring (bicyclic) bond motifs is 3. The quantitative estimate of drug-likeness (QED) is 0.489. The third-order valence-corrected chi connectivity index (χ3v) is 3.42. The van der Waals surface area contributed by atoms with Crippen LogP contribution in [-0.4, -0.2) is 36.1 Å². The molecule has 3 fully saturated rings. The zero-order chi connectivity index (χ0) is 8.13. The molecule has 0 radical (unpaired) electrons. The minimum absolute atomic E-state index is 0.0246. The molecule has 0 aromatic heterocycles. The molecule has 0 amide bonds. The van der Waals surface area contributed by atoms with Crippen molar-refractivity contribution in [2.75, 3.05) is 13.1 Å². The zero-order valence-corrected chi connectivity index (χ0v) is 7.03. The summed E-state index contributed by atoms with van der Waals surface area (Å²) < 4.78 is 5.32. The summed E-state index contributed by atoms with van der Waals surface area (Å²) in [7, 11) is 0. The van der Waals surface area contributed by atoms with Crippen LogP contribution in [0.25, 0.3) is 0 Å². The highest BCUT2D eigenvalue weighted by Gasteiger charge is 2.50. The van der Waals surface area contributed by atoms with Gasteiger partial charge >= 0.3 is 5.97 Å². The van der Waals surface area contributed by atoms with E-state index in [2.05, 4.69) is 4.90 Å². The third-order valence-electron chi connectivity index (χ3n) is 3.42. The second-order valence-electron chi connectivity index (χ2n) is 4.12. The molecule has 3 aliphatic heterocycles. The molecule has 3 heteroatoms. The Labute approximate surface area is 71.7 Å². The number of nitrogens with zero attached hydrogens (tertiary/aromatic N) is 1. The Morgan fingerprint density at radius 3 is 3.33 bits per heavy atom. The van der Waals surface area contributed by atoms with Gasteiger partial charge in [0.1, 0.15) is 6.10 Å². The predicted octanol–water partition coefficient (Wildman–Crippen LogP) is 0.396. The van der Waals surface area contributed by atoms with Crippen LogP contribution in [0.2, 0.25) is 0 Å². The van der Waals surface area contributed by atoms with Gasteiger partial charge in [0.05, 0.1) is 6.42 Å². The number of carbonyl (C=O) groups is 1. The van der Waals surface area contributed by atoms with Gasteiger partial charge in [0.15, 0.2) is 0 Å². The lowest BCUT2D eigenvalue weighted by atomic mass is 9.99. The van der Waals surface area contributed by atoms with Gasteiger partial charge in [-0.05, 0) is 19.4 Å². The van der Waals surface area contributed by atoms with Crippen molar-refractivity contribution in [3.63, 3.8) is 0 Å². The average molecular weight is 167 g/mol. The number of hydrogen-bond donors (Lipinski definition) is 0. The molecule has 3 saturated heterocycles. The van der Waals surface area contributed by atoms with E-state index in [-0.39, 0.29) is 12.1 Å². The van der Waals surface area contributed by atoms with Gasteiger partial charge < -0.3 is 4.74 Å². The Morgan fingerprint density at radius 1 is 1.50 bits per heavy atom. The summed E-state index contributed by atoms with van der Waals surface area (Å²) in [6.45, 7) is 2.32. The number of hydrogen-bond acceptors (Lipinski definition) is 3. The normalized spacial score (nSPS) is 46.0. The minimum Gasteiger partial charge on any atom is -0.460 e. The van der Waals surface area contributed by atoms with Crippen molar-refractivity contribution in [1.82, 2.24) is 4.90 Å². The molecule has 0 spiro atoms. The van der Waals surface area contributed by atoms with Crippen molar-refractivity contribution in [3.05, 3.63) is 0 Å². The highest BCUT2D eigenvalue weighted by molar-refractivity contribution is 5.72. The van der Waals surface area contributed by atoms with Gasteiger partial charge in [0, 0.05) is 18.5 Å². The molecule has 3 atom stereocenters. The van der Waals surface area contributed by atoms with Crippen LogP contribution in [0.4, 0.5) is 0 Å². The third kappa shape index (κ3) is 0.774. The van der Waals surface area contributed by atoms with Crippen LogP contribution in [0.15, 0.2) is 0 Å². The summed E-state index contributed by atoms with van der Waals surface area (Å²) in [5, 5.41) is 0. The van der Waals surface area contributed by atoms with Crippen LogP contribution >= 0.6 is 0 Å². The first-order valence-electron chi connectivity index (χ1n) is 4.78. The maximum Gasteiger partial charge on any atom is 0.306 e. The molecular weight excluding hydrogens is 154 g/mol. The van der Waals surface area contributed by atoms with Crippen molar-refractivity contribution in [1.29, 1.82) is 0 Å². The fourth-order valence-electron chi connectivity index (χ4n) is 2.94. The number of esters is 1. The molecule has 66 valence electrons. The minimum atomic E-state index is 0.0246. The van der Waals surface area contributed by atoms with E-state index in [9.17, 15) is 4.79 Å². The SMILES string of the molecule is O=C1C[C@@H]2CN3CCC[C@@H]3[C@@H]2O1. The topological polar surface area (TPSA) is 29.5 Å². The molecule has 3 heterocycles. The molecule has 0 aliphatic carbocycles. The maximum absolute atomic E-state index is 11.0. The monoisotopic (exact) mass is 167 g/mol. The number of ether oxygens (including phenoxy) is 1. The lowest BCUT2D eigenvalue weighted by molar-refractivity contribution is -0.142. The smallest absolute Gasteiger partial charge is 0.306 e. The van der Waals surface area contributed by atoms with E-state index in [0.29, 0.717) is 18.4 Å². The van der Waals surface area contributed by atoms with Gasteiger partial charge in [-0.25, -0.2) is 0 Å². The first kappa shape index (κ1) is 6.89. The molecule has 0 saturated carbocycles. The maximum atomic E-state index is 11.0. The van der Waals surface area contributed by atoms with E-state index < -0.39 is 0 Å². The number of rotatable bonds is 0. The van der Waals surface area contributed by atoms with E-state index in [1.807, 2.05) is 0 Å². The molecule has 0 N–H and O–H groups in total. The average Bonchev–Trinajstić information content (AvgIpc) is 2.59. The van der Waals surface area contributed by atoms with Crippen molar-refractivity contribution in [2.24, 2.45) is 5.92 Å². The van der Waals surface area contributed by atoms with E-state index in [4.69, 9.17) is 4.74 Å². The molecule has 12 heavy (non-hydrogen) atoms. The van der Waals surface area contributed by atoms with Crippen LogP contribution < -0.4 is 0 Å². The summed E-state index contributed by atoms with van der Waals surface area (Å²) in [6, 6.07) is 0.571. The van der Waals surface area contributed by atoms with Gasteiger partial charge in [-0.15, -0.1) is 0 Å². The highest BCUT2D eigenvalue weighted by Crippen LogP contribution is 2.39. The molecule has 0 aromatic carbocycles. The van der Waals surface area contributed by atoms with Crippen LogP contribution in [0.1, 0.15) is 19.3 Å². The van der Waals surface area contributed by atoms with E-state index >= 15 is 0 Å². The zero-order valence-electron chi connectivity index (χ0n) is 7.03. The van der Waals surface area contributed by atoms with Gasteiger partial charge in [-0.2, -0.15) is 0 Å². The number of carbonyl (C=O) groups excluding carboxylic acids is 1.